The molecule has 2 saturated heterocycles. The predicted octanol–water partition coefficient (Wildman–Crippen LogP) is 4.40. The molecule has 0 aromatic heterocycles. The van der Waals surface area contributed by atoms with E-state index >= 15 is 0 Å². The van der Waals surface area contributed by atoms with Crippen molar-refractivity contribution in [1.82, 2.24) is 0 Å². The number of amidine groups is 1. The van der Waals surface area contributed by atoms with Gasteiger partial charge < -0.3 is 4.90 Å². The van der Waals surface area contributed by atoms with Gasteiger partial charge in [0.15, 0.2) is 15.0 Å². The molecule has 0 unspecified atom stereocenters. The van der Waals surface area contributed by atoms with E-state index in [4.69, 9.17) is 11.6 Å². The van der Waals surface area contributed by atoms with E-state index in [9.17, 15) is 26.4 Å². The van der Waals surface area contributed by atoms with E-state index in [0.29, 0.717) is 12.8 Å². The van der Waals surface area contributed by atoms with Gasteiger partial charge in [0.2, 0.25) is 0 Å². The highest BCUT2D eigenvalue weighted by Crippen LogP contribution is 2.44. The predicted molar refractivity (Wildman–Crippen MR) is 109 cm³/mol. The number of halogens is 4. The van der Waals surface area contributed by atoms with E-state index in [1.807, 2.05) is 13.8 Å². The Morgan fingerprint density at radius 1 is 1.31 bits per heavy atom. The molecule has 2 heterocycles. The minimum Gasteiger partial charge on any atom is -0.314 e. The van der Waals surface area contributed by atoms with Gasteiger partial charge in [-0.05, 0) is 31.0 Å². The summed E-state index contributed by atoms with van der Waals surface area (Å²) in [5.74, 6) is -1.01. The zero-order valence-corrected chi connectivity index (χ0v) is 18.1. The van der Waals surface area contributed by atoms with Gasteiger partial charge in [-0.2, -0.15) is 18.2 Å². The van der Waals surface area contributed by atoms with Gasteiger partial charge in [-0.15, -0.1) is 0 Å². The van der Waals surface area contributed by atoms with Crippen LogP contribution in [0.25, 0.3) is 0 Å². The van der Waals surface area contributed by atoms with Gasteiger partial charge in [-0.1, -0.05) is 37.2 Å². The van der Waals surface area contributed by atoms with Crippen LogP contribution in [0.2, 0.25) is 5.02 Å². The molecule has 160 valence electrons. The number of rotatable bonds is 4. The molecule has 3 rings (SSSR count). The lowest BCUT2D eigenvalue weighted by molar-refractivity contribution is -0.137. The molecule has 0 spiro atoms. The van der Waals surface area contributed by atoms with E-state index in [1.165, 1.54) is 4.90 Å². The molecule has 0 radical (unpaired) electrons. The molecule has 2 fully saturated rings. The van der Waals surface area contributed by atoms with Crippen LogP contribution in [-0.4, -0.2) is 42.3 Å². The van der Waals surface area contributed by atoms with Gasteiger partial charge in [-0.3, -0.25) is 4.79 Å². The number of carbonyl (C=O) groups is 1. The maximum atomic E-state index is 13.2. The highest BCUT2D eigenvalue weighted by atomic mass is 35.5. The number of alkyl halides is 3. The fourth-order valence-corrected chi connectivity index (χ4v) is 7.66. The second-order valence-corrected chi connectivity index (χ2v) is 10.8. The monoisotopic (exact) mass is 468 g/mol. The molecule has 2 aliphatic heterocycles. The summed E-state index contributed by atoms with van der Waals surface area (Å²) >= 11 is 7.31. The maximum absolute atomic E-state index is 13.2. The summed E-state index contributed by atoms with van der Waals surface area (Å²) in [7, 11) is -3.34. The number of anilines is 1. The number of hydrogen-bond acceptors (Lipinski definition) is 4. The number of nitrogens with zero attached hydrogens (tertiary/aromatic N) is 2. The first-order valence-electron chi connectivity index (χ1n) is 9.12. The highest BCUT2D eigenvalue weighted by molar-refractivity contribution is 8.16. The minimum absolute atomic E-state index is 0.00897. The molecule has 0 bridgehead atoms. The van der Waals surface area contributed by atoms with Crippen LogP contribution in [0.5, 0.6) is 0 Å². The molecular formula is C18H20ClF3N2O3S2. The number of amides is 1. The smallest absolute Gasteiger partial charge is 0.314 e. The topological polar surface area (TPSA) is 66.8 Å². The third-order valence-corrected chi connectivity index (χ3v) is 8.67. The zero-order valence-electron chi connectivity index (χ0n) is 15.7. The average molecular weight is 469 g/mol. The van der Waals surface area contributed by atoms with Crippen molar-refractivity contribution in [3.63, 3.8) is 0 Å². The van der Waals surface area contributed by atoms with Gasteiger partial charge >= 0.3 is 6.18 Å². The molecule has 1 aromatic carbocycles. The van der Waals surface area contributed by atoms with Gasteiger partial charge in [0, 0.05) is 11.2 Å². The van der Waals surface area contributed by atoms with Crippen molar-refractivity contribution < 1.29 is 26.4 Å². The molecule has 1 aromatic rings. The number of carbonyl (C=O) groups excluding carboxylic acids is 1. The third-order valence-electron chi connectivity index (χ3n) is 5.14. The first kappa shape index (κ1) is 22.4. The third kappa shape index (κ3) is 4.59. The Morgan fingerprint density at radius 2 is 1.97 bits per heavy atom. The fraction of sp³-hybridized carbons (Fsp3) is 0.556. The number of benzene rings is 1. The maximum Gasteiger partial charge on any atom is 0.416 e. The molecule has 0 saturated carbocycles. The molecule has 11 heteroatoms. The summed E-state index contributed by atoms with van der Waals surface area (Å²) in [4.78, 5) is 18.1. The van der Waals surface area contributed by atoms with Crippen LogP contribution in [0.1, 0.15) is 32.3 Å². The lowest BCUT2D eigenvalue weighted by Crippen LogP contribution is -2.38. The first-order chi connectivity index (χ1) is 13.5. The Balaban J connectivity index is 2.09. The minimum atomic E-state index is -4.59. The van der Waals surface area contributed by atoms with Crippen LogP contribution in [0.15, 0.2) is 23.2 Å². The standard InChI is InChI=1S/C18H20ClF3N2O3S2/c1-3-10(4-2)16(25)23-17-24(14-8-29(26,27)9-15(14)28-17)13-7-11(18(20,21)22)5-6-12(13)19/h5-7,10,14-15H,3-4,8-9H2,1-2H3/t14-,15+/m0/s1. The lowest BCUT2D eigenvalue weighted by Gasteiger charge is -2.26. The second-order valence-electron chi connectivity index (χ2n) is 7.08. The van der Waals surface area contributed by atoms with Crippen molar-refractivity contribution in [3.05, 3.63) is 28.8 Å². The first-order valence-corrected chi connectivity index (χ1v) is 12.2. The summed E-state index contributed by atoms with van der Waals surface area (Å²) < 4.78 is 63.9. The summed E-state index contributed by atoms with van der Waals surface area (Å²) in [6, 6.07) is 2.25. The summed E-state index contributed by atoms with van der Waals surface area (Å²) in [5.41, 5.74) is -0.897. The van der Waals surface area contributed by atoms with E-state index in [0.717, 1.165) is 30.0 Å². The van der Waals surface area contributed by atoms with E-state index in [-0.39, 0.29) is 39.2 Å². The molecule has 0 aliphatic carbocycles. The Kier molecular flexibility index (Phi) is 6.27. The van der Waals surface area contributed by atoms with Crippen LogP contribution in [-0.2, 0) is 20.8 Å². The fourth-order valence-electron chi connectivity index (χ4n) is 3.54. The molecule has 1 amide bonds. The van der Waals surface area contributed by atoms with Crippen molar-refractivity contribution in [2.75, 3.05) is 16.4 Å². The number of thioether (sulfide) groups is 1. The van der Waals surface area contributed by atoms with E-state index in [2.05, 4.69) is 4.99 Å². The highest BCUT2D eigenvalue weighted by Gasteiger charge is 2.50. The Labute approximate surface area is 176 Å². The lowest BCUT2D eigenvalue weighted by atomic mass is 10.0. The van der Waals surface area contributed by atoms with Crippen LogP contribution >= 0.6 is 23.4 Å². The van der Waals surface area contributed by atoms with E-state index in [1.54, 1.807) is 0 Å². The molecule has 5 nitrogen and oxygen atoms in total. The number of sulfone groups is 1. The zero-order chi connectivity index (χ0) is 21.6. The molecule has 2 aliphatic rings. The van der Waals surface area contributed by atoms with Gasteiger partial charge in [-0.25, -0.2) is 8.42 Å². The van der Waals surface area contributed by atoms with Crippen LogP contribution in [0, 0.1) is 5.92 Å². The largest absolute Gasteiger partial charge is 0.416 e. The summed E-state index contributed by atoms with van der Waals surface area (Å²) in [6.07, 6.45) is -3.42. The van der Waals surface area contributed by atoms with Gasteiger partial charge in [0.25, 0.3) is 5.91 Å². The molecule has 0 N–H and O–H groups in total. The van der Waals surface area contributed by atoms with Crippen molar-refractivity contribution in [2.24, 2.45) is 10.9 Å². The van der Waals surface area contributed by atoms with Crippen molar-refractivity contribution in [3.8, 4) is 0 Å². The Bertz CT molecular complexity index is 946. The summed E-state index contributed by atoms with van der Waals surface area (Å²) in [5, 5.41) is -0.182. The van der Waals surface area contributed by atoms with Crippen molar-refractivity contribution in [1.29, 1.82) is 0 Å². The van der Waals surface area contributed by atoms with Crippen molar-refractivity contribution >= 4 is 50.0 Å². The second kappa shape index (κ2) is 8.11. The average Bonchev–Trinajstić information content (AvgIpc) is 3.06. The van der Waals surface area contributed by atoms with Crippen LogP contribution in [0.3, 0.4) is 0 Å². The van der Waals surface area contributed by atoms with Gasteiger partial charge in [0.1, 0.15) is 0 Å². The normalized spacial score (nSPS) is 25.1. The molecule has 29 heavy (non-hydrogen) atoms. The quantitative estimate of drug-likeness (QED) is 0.655. The van der Waals surface area contributed by atoms with Crippen molar-refractivity contribution in [2.45, 2.75) is 44.2 Å². The van der Waals surface area contributed by atoms with Crippen LogP contribution < -0.4 is 4.90 Å². The SMILES string of the molecule is CCC(CC)C(=O)N=C1S[C@@H]2CS(=O)(=O)C[C@@H]2N1c1cc(C(F)(F)F)ccc1Cl. The number of hydrogen-bond donors (Lipinski definition) is 0. The van der Waals surface area contributed by atoms with Gasteiger partial charge in [0.05, 0.1) is 33.8 Å². The number of aliphatic imine (C=N–C) groups is 1. The molecule has 2 atom stereocenters. The Hall–Kier alpha value is -1.26. The summed E-state index contributed by atoms with van der Waals surface area (Å²) in [6.45, 7) is 3.72. The number of fused-ring (bicyclic) bond motifs is 1. The Morgan fingerprint density at radius 3 is 2.55 bits per heavy atom. The van der Waals surface area contributed by atoms with E-state index < -0.39 is 32.9 Å². The van der Waals surface area contributed by atoms with Crippen LogP contribution in [0.4, 0.5) is 18.9 Å². The molecular weight excluding hydrogens is 449 g/mol.